The predicted molar refractivity (Wildman–Crippen MR) is 196 cm³/mol. The van der Waals surface area contributed by atoms with E-state index >= 15 is 0 Å². The molecule has 4 aliphatic rings. The lowest BCUT2D eigenvalue weighted by Crippen LogP contribution is -2.56. The number of amides is 1. The number of aromatic nitrogens is 2. The third-order valence-electron chi connectivity index (χ3n) is 12.2. The van der Waals surface area contributed by atoms with Crippen molar-refractivity contribution in [1.82, 2.24) is 14.9 Å². The number of fused-ring (bicyclic) bond motifs is 5. The molecule has 1 aromatic heterocycles. The van der Waals surface area contributed by atoms with Gasteiger partial charge in [0.05, 0.1) is 19.3 Å². The first-order valence-electron chi connectivity index (χ1n) is 19.0. The molecule has 1 saturated heterocycles. The number of nitrogens with one attached hydrogen (secondary N) is 1. The van der Waals surface area contributed by atoms with Gasteiger partial charge >= 0.3 is 18.4 Å². The molecule has 302 valence electrons. The van der Waals surface area contributed by atoms with E-state index in [9.17, 15) is 31.1 Å². The van der Waals surface area contributed by atoms with Crippen molar-refractivity contribution in [3.05, 3.63) is 47.0 Å². The van der Waals surface area contributed by atoms with Gasteiger partial charge in [0.25, 0.3) is 5.60 Å². The van der Waals surface area contributed by atoms with Crippen LogP contribution >= 0.6 is 21.6 Å². The molecule has 8 nitrogen and oxygen atoms in total. The molecule has 0 radical (unpaired) electrons. The molecule has 3 aliphatic carbocycles. The van der Waals surface area contributed by atoms with Crippen LogP contribution < -0.4 is 4.74 Å². The SMILES string of the molecule is CCc1cnc(CN(C(=O)OCCOc2ccc3c(c2)CCC2C3CCC3(C)C(OCCCOC(C)(C(F)(F)F)C(F)(F)F)CCC23)C2CCSSC2)[nH]1. The number of aromatic amines is 1. The molecule has 3 fully saturated rings. The molecule has 54 heavy (non-hydrogen) atoms. The fraction of sp³-hybridized carbons (Fsp3) is 0.737. The summed E-state index contributed by atoms with van der Waals surface area (Å²) in [4.78, 5) is 22.8. The zero-order valence-electron chi connectivity index (χ0n) is 31.0. The van der Waals surface area contributed by atoms with Gasteiger partial charge in [0.2, 0.25) is 0 Å². The van der Waals surface area contributed by atoms with Crippen molar-refractivity contribution in [3.8, 4) is 5.75 Å². The van der Waals surface area contributed by atoms with Crippen LogP contribution in [0, 0.1) is 17.3 Å². The molecule has 6 unspecified atom stereocenters. The van der Waals surface area contributed by atoms with Gasteiger partial charge in [0, 0.05) is 36.0 Å². The lowest BCUT2D eigenvalue weighted by molar-refractivity contribution is -0.374. The number of carbonyl (C=O) groups excluding carboxylic acids is 1. The van der Waals surface area contributed by atoms with Gasteiger partial charge in [-0.1, -0.05) is 41.5 Å². The zero-order chi connectivity index (χ0) is 38.7. The topological polar surface area (TPSA) is 85.9 Å². The third-order valence-corrected chi connectivity index (χ3v) is 14.7. The quantitative estimate of drug-likeness (QED) is 0.115. The van der Waals surface area contributed by atoms with E-state index in [4.69, 9.17) is 14.2 Å². The molecular weight excluding hydrogens is 757 g/mol. The van der Waals surface area contributed by atoms with E-state index in [1.54, 1.807) is 15.7 Å². The second-order valence-electron chi connectivity index (χ2n) is 15.3. The molecule has 16 heteroatoms. The van der Waals surface area contributed by atoms with Crippen LogP contribution in [0.2, 0.25) is 0 Å². The Bertz CT molecular complexity index is 1560. The minimum Gasteiger partial charge on any atom is -0.490 e. The first-order chi connectivity index (χ1) is 25.6. The minimum atomic E-state index is -5.57. The number of hydrogen-bond donors (Lipinski definition) is 1. The summed E-state index contributed by atoms with van der Waals surface area (Å²) < 4.78 is 101. The monoisotopic (exact) mass is 807 g/mol. The Morgan fingerprint density at radius 3 is 2.52 bits per heavy atom. The molecule has 2 heterocycles. The third kappa shape index (κ3) is 8.81. The summed E-state index contributed by atoms with van der Waals surface area (Å²) in [7, 11) is 3.59. The molecule has 1 aromatic carbocycles. The Kier molecular flexibility index (Phi) is 13.1. The highest BCUT2D eigenvalue weighted by molar-refractivity contribution is 8.76. The number of ether oxygens (including phenoxy) is 4. The van der Waals surface area contributed by atoms with E-state index in [2.05, 4.69) is 40.7 Å². The maximum absolute atomic E-state index is 13.3. The van der Waals surface area contributed by atoms with Gasteiger partial charge in [-0.05, 0) is 111 Å². The summed E-state index contributed by atoms with van der Waals surface area (Å²) in [5.74, 6) is 4.60. The summed E-state index contributed by atoms with van der Waals surface area (Å²) in [6.07, 6.45) is -2.48. The Balaban J connectivity index is 0.974. The molecule has 2 aromatic rings. The molecule has 0 bridgehead atoms. The van der Waals surface area contributed by atoms with Crippen LogP contribution in [0.3, 0.4) is 0 Å². The zero-order valence-corrected chi connectivity index (χ0v) is 32.7. The predicted octanol–water partition coefficient (Wildman–Crippen LogP) is 9.67. The summed E-state index contributed by atoms with van der Waals surface area (Å²) in [6.45, 7) is 4.38. The molecule has 6 atom stereocenters. The number of halogens is 6. The first kappa shape index (κ1) is 41.3. The van der Waals surface area contributed by atoms with Crippen LogP contribution in [-0.4, -0.2) is 89.0 Å². The largest absolute Gasteiger partial charge is 0.490 e. The molecule has 0 spiro atoms. The average molecular weight is 808 g/mol. The number of benzene rings is 1. The fourth-order valence-corrected chi connectivity index (χ4v) is 11.5. The number of hydrogen-bond acceptors (Lipinski definition) is 8. The summed E-state index contributed by atoms with van der Waals surface area (Å²) in [5.41, 5.74) is -0.673. The molecule has 6 rings (SSSR count). The van der Waals surface area contributed by atoms with E-state index in [-0.39, 0.29) is 56.8 Å². The Labute approximate surface area is 320 Å². The highest BCUT2D eigenvalue weighted by Crippen LogP contribution is 2.61. The lowest BCUT2D eigenvalue weighted by Gasteiger charge is -2.50. The van der Waals surface area contributed by atoms with Crippen LogP contribution in [0.5, 0.6) is 5.75 Å². The van der Waals surface area contributed by atoms with Crippen LogP contribution in [0.15, 0.2) is 24.4 Å². The van der Waals surface area contributed by atoms with E-state index in [1.807, 2.05) is 23.1 Å². The van der Waals surface area contributed by atoms with E-state index in [1.165, 1.54) is 11.1 Å². The van der Waals surface area contributed by atoms with Crippen LogP contribution in [0.1, 0.15) is 94.3 Å². The van der Waals surface area contributed by atoms with E-state index < -0.39 is 24.6 Å². The van der Waals surface area contributed by atoms with Gasteiger partial charge in [-0.2, -0.15) is 26.3 Å². The van der Waals surface area contributed by atoms with Gasteiger partial charge in [-0.25, -0.2) is 9.78 Å². The molecule has 1 N–H and O–H groups in total. The van der Waals surface area contributed by atoms with Crippen LogP contribution in [0.25, 0.3) is 0 Å². The summed E-state index contributed by atoms with van der Waals surface area (Å²) >= 11 is 0. The van der Waals surface area contributed by atoms with E-state index in [0.717, 1.165) is 80.1 Å². The number of imidazole rings is 1. The first-order valence-corrected chi connectivity index (χ1v) is 21.5. The Morgan fingerprint density at radius 2 is 1.81 bits per heavy atom. The van der Waals surface area contributed by atoms with Crippen molar-refractivity contribution in [1.29, 1.82) is 0 Å². The van der Waals surface area contributed by atoms with Crippen molar-refractivity contribution >= 4 is 27.7 Å². The Hall–Kier alpha value is -2.30. The fourth-order valence-electron chi connectivity index (χ4n) is 9.00. The smallest absolute Gasteiger partial charge is 0.426 e. The normalized spacial score (nSPS) is 27.2. The second-order valence-corrected chi connectivity index (χ2v) is 18.0. The highest BCUT2D eigenvalue weighted by Gasteiger charge is 2.69. The number of H-pyrrole nitrogens is 1. The number of carbonyl (C=O) groups is 1. The standard InChI is InChI=1S/C38H51F6N3O5S2/c1-4-25-21-45-33(46-25)22-47(26-13-19-53-54-23-26)34(48)51-18-17-49-27-7-9-28-24(20-27)6-8-30-29(28)12-14-35(2)31(30)10-11-32(35)50-15-5-16-52-36(3,37(39,40)41)38(42,43)44/h7,9,20-21,26,29-32H,4-6,8,10-19,22-23H2,1-3H3,(H,45,46). The molecule has 1 amide bonds. The van der Waals surface area contributed by atoms with Gasteiger partial charge in [-0.3, -0.25) is 4.90 Å². The second kappa shape index (κ2) is 17.1. The minimum absolute atomic E-state index is 0.0292. The average Bonchev–Trinajstić information content (AvgIpc) is 3.74. The van der Waals surface area contributed by atoms with Gasteiger partial charge in [0.15, 0.2) is 0 Å². The van der Waals surface area contributed by atoms with Crippen molar-refractivity contribution in [3.63, 3.8) is 0 Å². The maximum atomic E-state index is 13.3. The lowest BCUT2D eigenvalue weighted by atomic mass is 9.55. The number of rotatable bonds is 14. The number of alkyl halides is 6. The van der Waals surface area contributed by atoms with Crippen molar-refractivity contribution < 1.29 is 50.1 Å². The van der Waals surface area contributed by atoms with Crippen LogP contribution in [0.4, 0.5) is 31.1 Å². The number of aryl methyl sites for hydroxylation is 2. The number of nitrogens with zero attached hydrogens (tertiary/aromatic N) is 2. The van der Waals surface area contributed by atoms with Gasteiger partial charge in [-0.15, -0.1) is 0 Å². The van der Waals surface area contributed by atoms with Gasteiger partial charge in [0.1, 0.15) is 24.8 Å². The van der Waals surface area contributed by atoms with E-state index in [0.29, 0.717) is 24.3 Å². The maximum Gasteiger partial charge on any atom is 0.426 e. The van der Waals surface area contributed by atoms with Crippen molar-refractivity contribution in [2.45, 2.75) is 121 Å². The molecule has 2 saturated carbocycles. The van der Waals surface area contributed by atoms with Crippen molar-refractivity contribution in [2.75, 3.05) is 37.9 Å². The van der Waals surface area contributed by atoms with Crippen LogP contribution in [-0.2, 0) is 33.6 Å². The van der Waals surface area contributed by atoms with Crippen molar-refractivity contribution in [2.24, 2.45) is 17.3 Å². The highest BCUT2D eigenvalue weighted by atomic mass is 33.1. The van der Waals surface area contributed by atoms with Gasteiger partial charge < -0.3 is 23.9 Å². The Morgan fingerprint density at radius 1 is 1.02 bits per heavy atom. The molecular formula is C38H51F6N3O5S2. The molecule has 1 aliphatic heterocycles. The summed E-state index contributed by atoms with van der Waals surface area (Å²) in [5, 5.41) is 0. The summed E-state index contributed by atoms with van der Waals surface area (Å²) in [6, 6.07) is 6.35.